The first-order chi connectivity index (χ1) is 16.2. The molecule has 3 rings (SSSR count). The highest BCUT2D eigenvalue weighted by Crippen LogP contribution is 2.24. The number of alkyl halides is 2. The van der Waals surface area contributed by atoms with E-state index in [9.17, 15) is 13.2 Å². The number of nitrogens with one attached hydrogen (secondary N) is 1. The first kappa shape index (κ1) is 26.8. The Morgan fingerprint density at radius 2 is 1.79 bits per heavy atom. The summed E-state index contributed by atoms with van der Waals surface area (Å²) in [6, 6.07) is 8.56. The van der Waals surface area contributed by atoms with Crippen LogP contribution in [0, 0.1) is 11.2 Å². The number of amidine groups is 1. The Balaban J connectivity index is 0.00000199. The van der Waals surface area contributed by atoms with Gasteiger partial charge >= 0.3 is 6.61 Å². The molecule has 0 radical (unpaired) electrons. The first-order valence-corrected chi connectivity index (χ1v) is 10.9. The number of allylic oxidation sites excluding steroid dienone is 1. The Morgan fingerprint density at radius 3 is 2.35 bits per heavy atom. The molecule has 34 heavy (non-hydrogen) atoms. The fourth-order valence-corrected chi connectivity index (χ4v) is 3.39. The third-order valence-corrected chi connectivity index (χ3v) is 4.66. The number of anilines is 1. The van der Waals surface area contributed by atoms with Crippen LogP contribution >= 0.6 is 0 Å². The maximum atomic E-state index is 14.3. The molecule has 10 heteroatoms. The summed E-state index contributed by atoms with van der Waals surface area (Å²) < 4.78 is 48.9. The van der Waals surface area contributed by atoms with Crippen LogP contribution in [0.1, 0.15) is 33.3 Å². The zero-order chi connectivity index (χ0) is 25.3. The van der Waals surface area contributed by atoms with Gasteiger partial charge in [-0.05, 0) is 49.8 Å². The molecule has 1 aliphatic rings. The molecule has 7 nitrogen and oxygen atoms in total. The van der Waals surface area contributed by atoms with E-state index in [1.165, 1.54) is 36.4 Å². The van der Waals surface area contributed by atoms with E-state index in [-0.39, 0.29) is 29.6 Å². The van der Waals surface area contributed by atoms with Crippen molar-refractivity contribution in [1.29, 1.82) is 5.41 Å². The quantitative estimate of drug-likeness (QED) is 0.423. The predicted octanol–water partition coefficient (Wildman–Crippen LogP) is 5.18. The van der Waals surface area contributed by atoms with Gasteiger partial charge < -0.3 is 25.5 Å². The number of ether oxygens (including phenoxy) is 2. The van der Waals surface area contributed by atoms with Crippen molar-refractivity contribution in [2.24, 2.45) is 10.7 Å². The molecule has 2 atom stereocenters. The Bertz CT molecular complexity index is 1000. The van der Waals surface area contributed by atoms with Crippen LogP contribution in [0.2, 0.25) is 0 Å². The van der Waals surface area contributed by atoms with Crippen LogP contribution in [0.25, 0.3) is 5.57 Å². The van der Waals surface area contributed by atoms with E-state index in [0.717, 1.165) is 6.21 Å². The number of halogens is 3. The van der Waals surface area contributed by atoms with E-state index in [4.69, 9.17) is 15.9 Å². The molecule has 2 aromatic rings. The lowest BCUT2D eigenvalue weighted by Gasteiger charge is -2.36. The summed E-state index contributed by atoms with van der Waals surface area (Å²) >= 11 is 0. The molecule has 0 bridgehead atoms. The number of hydrogen-bond acceptors (Lipinski definition) is 6. The summed E-state index contributed by atoms with van der Waals surface area (Å²) in [6.07, 6.45) is 2.43. The second-order valence-corrected chi connectivity index (χ2v) is 7.32. The second kappa shape index (κ2) is 12.7. The minimum atomic E-state index is -2.93. The maximum Gasteiger partial charge on any atom is 0.387 e. The van der Waals surface area contributed by atoms with Crippen molar-refractivity contribution in [3.05, 3.63) is 53.9 Å². The highest BCUT2D eigenvalue weighted by atomic mass is 19.3. The van der Waals surface area contributed by atoms with E-state index < -0.39 is 12.4 Å². The van der Waals surface area contributed by atoms with Crippen LogP contribution in [-0.2, 0) is 4.74 Å². The van der Waals surface area contributed by atoms with Crippen LogP contribution in [0.3, 0.4) is 0 Å². The standard InChI is InChI=1S/C22H24F3N5O2.C2H6/c1-13-11-30(12-14(2)31-13)20-8-7-18(23)21(29-20)28-19(27)9-16(10-26)15-3-5-17(6-4-15)32-22(24)25;1-2/h3-10,13-14,22,26H,11-12H2,1-2H3,(H2,27,28,29);1-2H3/b16-9+,26-10?;. The molecule has 1 saturated heterocycles. The molecule has 1 aromatic heterocycles. The Labute approximate surface area is 197 Å². The Morgan fingerprint density at radius 1 is 1.18 bits per heavy atom. The van der Waals surface area contributed by atoms with E-state index in [2.05, 4.69) is 14.7 Å². The van der Waals surface area contributed by atoms with Crippen molar-refractivity contribution in [1.82, 2.24) is 4.98 Å². The van der Waals surface area contributed by atoms with Crippen LogP contribution < -0.4 is 15.4 Å². The number of rotatable bonds is 7. The van der Waals surface area contributed by atoms with Gasteiger partial charge in [-0.3, -0.25) is 0 Å². The minimum Gasteiger partial charge on any atom is -0.435 e. The van der Waals surface area contributed by atoms with Crippen molar-refractivity contribution in [3.8, 4) is 5.75 Å². The van der Waals surface area contributed by atoms with Crippen LogP contribution in [-0.4, -0.2) is 48.9 Å². The van der Waals surface area contributed by atoms with Gasteiger partial charge in [0.1, 0.15) is 17.4 Å². The summed E-state index contributed by atoms with van der Waals surface area (Å²) in [6.45, 7) is 6.22. The van der Waals surface area contributed by atoms with Crippen molar-refractivity contribution in [2.75, 3.05) is 18.0 Å². The monoisotopic (exact) mass is 477 g/mol. The molecule has 184 valence electrons. The Kier molecular flexibility index (Phi) is 10.1. The largest absolute Gasteiger partial charge is 0.435 e. The molecule has 1 fully saturated rings. The summed E-state index contributed by atoms with van der Waals surface area (Å²) in [5, 5.41) is 7.62. The molecule has 0 spiro atoms. The predicted molar refractivity (Wildman–Crippen MR) is 129 cm³/mol. The SMILES string of the molecule is CC.CC1CN(c2ccc(F)c(/N=C(N)/C=C(\C=N)c3ccc(OC(F)F)cc3)n2)CC(C)O1. The summed E-state index contributed by atoms with van der Waals surface area (Å²) in [4.78, 5) is 10.4. The van der Waals surface area contributed by atoms with Gasteiger partial charge in [0.25, 0.3) is 0 Å². The molecule has 0 amide bonds. The number of nitrogens with zero attached hydrogens (tertiary/aromatic N) is 3. The zero-order valence-electron chi connectivity index (χ0n) is 19.6. The van der Waals surface area contributed by atoms with E-state index in [1.54, 1.807) is 6.07 Å². The van der Waals surface area contributed by atoms with E-state index >= 15 is 0 Å². The van der Waals surface area contributed by atoms with Gasteiger partial charge in [-0.25, -0.2) is 14.4 Å². The van der Waals surface area contributed by atoms with E-state index in [0.29, 0.717) is 30.0 Å². The molecule has 2 unspecified atom stereocenters. The van der Waals surface area contributed by atoms with E-state index in [1.807, 2.05) is 32.6 Å². The number of aliphatic imine (C=N–C) groups is 1. The lowest BCUT2D eigenvalue weighted by atomic mass is 10.1. The normalized spacial score (nSPS) is 18.9. The van der Waals surface area contributed by atoms with Gasteiger partial charge in [0.2, 0.25) is 0 Å². The number of nitrogens with two attached hydrogens (primary N) is 1. The molecular formula is C24H30F3N5O2. The maximum absolute atomic E-state index is 14.3. The fraction of sp³-hybridized carbons (Fsp3) is 0.375. The zero-order valence-corrected chi connectivity index (χ0v) is 19.6. The molecule has 1 aromatic carbocycles. The number of hydrogen-bond donors (Lipinski definition) is 2. The molecule has 0 saturated carbocycles. The molecule has 2 heterocycles. The van der Waals surface area contributed by atoms with Gasteiger partial charge in [0, 0.05) is 24.9 Å². The smallest absolute Gasteiger partial charge is 0.387 e. The van der Waals surface area contributed by atoms with Crippen LogP contribution in [0.15, 0.2) is 47.5 Å². The van der Waals surface area contributed by atoms with Gasteiger partial charge in [0.05, 0.1) is 12.2 Å². The van der Waals surface area contributed by atoms with Crippen molar-refractivity contribution in [3.63, 3.8) is 0 Å². The number of pyridine rings is 1. The summed E-state index contributed by atoms with van der Waals surface area (Å²) in [5.41, 5.74) is 6.84. The lowest BCUT2D eigenvalue weighted by molar-refractivity contribution is -0.0498. The minimum absolute atomic E-state index is 0.00967. The average Bonchev–Trinajstić information content (AvgIpc) is 2.80. The van der Waals surface area contributed by atoms with Gasteiger partial charge in [-0.2, -0.15) is 8.78 Å². The first-order valence-electron chi connectivity index (χ1n) is 10.9. The number of aromatic nitrogens is 1. The molecule has 1 aliphatic heterocycles. The van der Waals surface area contributed by atoms with Gasteiger partial charge in [-0.1, -0.05) is 26.0 Å². The van der Waals surface area contributed by atoms with Gasteiger partial charge in [0.15, 0.2) is 11.6 Å². The third-order valence-electron chi connectivity index (χ3n) is 4.66. The van der Waals surface area contributed by atoms with Crippen molar-refractivity contribution < 1.29 is 22.6 Å². The highest BCUT2D eigenvalue weighted by Gasteiger charge is 2.23. The highest BCUT2D eigenvalue weighted by molar-refractivity contribution is 6.15. The number of benzene rings is 1. The summed E-state index contributed by atoms with van der Waals surface area (Å²) in [5.74, 6) is -0.323. The van der Waals surface area contributed by atoms with Crippen molar-refractivity contribution >= 4 is 29.3 Å². The van der Waals surface area contributed by atoms with Gasteiger partial charge in [-0.15, -0.1) is 0 Å². The lowest BCUT2D eigenvalue weighted by Crippen LogP contribution is -2.45. The fourth-order valence-electron chi connectivity index (χ4n) is 3.39. The topological polar surface area (TPSA) is 96.8 Å². The third kappa shape index (κ3) is 7.58. The average molecular weight is 478 g/mol. The number of morpholine rings is 1. The second-order valence-electron chi connectivity index (χ2n) is 7.32. The summed E-state index contributed by atoms with van der Waals surface area (Å²) in [7, 11) is 0. The van der Waals surface area contributed by atoms with Crippen LogP contribution in [0.4, 0.5) is 24.8 Å². The Hall–Kier alpha value is -3.40. The molecule has 0 aliphatic carbocycles. The molecule has 3 N–H and O–H groups in total. The molecular weight excluding hydrogens is 447 g/mol. The van der Waals surface area contributed by atoms with Crippen molar-refractivity contribution in [2.45, 2.75) is 46.5 Å². The van der Waals surface area contributed by atoms with Crippen LogP contribution in [0.5, 0.6) is 5.75 Å².